The zero-order chi connectivity index (χ0) is 13.9. The van der Waals surface area contributed by atoms with Crippen LogP contribution in [0.15, 0.2) is 24.3 Å². The van der Waals surface area contributed by atoms with Gasteiger partial charge in [0.05, 0.1) is 11.5 Å². The van der Waals surface area contributed by atoms with Crippen molar-refractivity contribution in [1.82, 2.24) is 0 Å². The number of hydrogen-bond donors (Lipinski definition) is 1. The molecular formula is C15H22O3S. The van der Waals surface area contributed by atoms with Crippen LogP contribution in [0.25, 0.3) is 0 Å². The number of aliphatic hydroxyl groups excluding tert-OH is 1. The minimum Gasteiger partial charge on any atom is -0.396 e. The fourth-order valence-corrected chi connectivity index (χ4v) is 4.71. The highest BCUT2D eigenvalue weighted by atomic mass is 32.2. The van der Waals surface area contributed by atoms with Gasteiger partial charge in [-0.2, -0.15) is 0 Å². The fraction of sp³-hybridized carbons (Fsp3) is 0.600. The van der Waals surface area contributed by atoms with E-state index in [-0.39, 0.29) is 29.9 Å². The first-order chi connectivity index (χ1) is 9.04. The van der Waals surface area contributed by atoms with Crippen molar-refractivity contribution in [3.8, 4) is 0 Å². The Balaban J connectivity index is 2.02. The SMILES string of the molecule is CCc1ccc(CC(CO)C2CCS(=O)(=O)C2)cc1. The molecule has 3 nitrogen and oxygen atoms in total. The van der Waals surface area contributed by atoms with Crippen LogP contribution in [-0.4, -0.2) is 31.6 Å². The summed E-state index contributed by atoms with van der Waals surface area (Å²) >= 11 is 0. The molecule has 1 heterocycles. The summed E-state index contributed by atoms with van der Waals surface area (Å²) in [5.74, 6) is 0.694. The Morgan fingerprint density at radius 3 is 2.37 bits per heavy atom. The van der Waals surface area contributed by atoms with Gasteiger partial charge in [-0.3, -0.25) is 0 Å². The lowest BCUT2D eigenvalue weighted by molar-refractivity contribution is 0.184. The van der Waals surface area contributed by atoms with Gasteiger partial charge in [-0.1, -0.05) is 31.2 Å². The first-order valence-corrected chi connectivity index (χ1v) is 8.75. The lowest BCUT2D eigenvalue weighted by atomic mass is 9.87. The molecule has 0 saturated carbocycles. The second-order valence-corrected chi connectivity index (χ2v) is 7.71. The number of aliphatic hydroxyl groups is 1. The van der Waals surface area contributed by atoms with E-state index in [1.807, 2.05) is 0 Å². The van der Waals surface area contributed by atoms with E-state index < -0.39 is 9.84 Å². The van der Waals surface area contributed by atoms with Crippen LogP contribution in [0.4, 0.5) is 0 Å². The number of hydrogen-bond acceptors (Lipinski definition) is 3. The van der Waals surface area contributed by atoms with Crippen molar-refractivity contribution in [1.29, 1.82) is 0 Å². The van der Waals surface area contributed by atoms with Crippen LogP contribution in [0.1, 0.15) is 24.5 Å². The number of sulfone groups is 1. The Labute approximate surface area is 115 Å². The summed E-state index contributed by atoms with van der Waals surface area (Å²) in [4.78, 5) is 0. The van der Waals surface area contributed by atoms with Gasteiger partial charge in [-0.05, 0) is 42.2 Å². The molecule has 19 heavy (non-hydrogen) atoms. The molecule has 4 heteroatoms. The average molecular weight is 282 g/mol. The van der Waals surface area contributed by atoms with Crippen LogP contribution >= 0.6 is 0 Å². The molecule has 0 radical (unpaired) electrons. The minimum atomic E-state index is -2.86. The topological polar surface area (TPSA) is 54.4 Å². The monoisotopic (exact) mass is 282 g/mol. The quantitative estimate of drug-likeness (QED) is 0.896. The van der Waals surface area contributed by atoms with E-state index in [1.165, 1.54) is 11.1 Å². The van der Waals surface area contributed by atoms with Gasteiger partial charge < -0.3 is 5.11 Å². The van der Waals surface area contributed by atoms with E-state index in [4.69, 9.17) is 0 Å². The third kappa shape index (κ3) is 3.80. The molecule has 1 aromatic rings. The Kier molecular flexibility index (Phi) is 4.63. The van der Waals surface area contributed by atoms with Gasteiger partial charge in [0.2, 0.25) is 0 Å². The van der Waals surface area contributed by atoms with Crippen molar-refractivity contribution in [3.05, 3.63) is 35.4 Å². The van der Waals surface area contributed by atoms with Gasteiger partial charge in [0.15, 0.2) is 9.84 Å². The second kappa shape index (κ2) is 6.06. The molecule has 1 aromatic carbocycles. The maximum absolute atomic E-state index is 11.5. The summed E-state index contributed by atoms with van der Waals surface area (Å²) in [5, 5.41) is 9.52. The van der Waals surface area contributed by atoms with Gasteiger partial charge in [0, 0.05) is 6.61 Å². The predicted octanol–water partition coefficient (Wildman–Crippen LogP) is 1.83. The summed E-state index contributed by atoms with van der Waals surface area (Å²) in [6.45, 7) is 2.19. The second-order valence-electron chi connectivity index (χ2n) is 5.48. The summed E-state index contributed by atoms with van der Waals surface area (Å²) < 4.78 is 23.0. The lowest BCUT2D eigenvalue weighted by Gasteiger charge is -2.20. The Bertz CT molecular complexity index is 505. The number of benzene rings is 1. The summed E-state index contributed by atoms with van der Waals surface area (Å²) in [6.07, 6.45) is 2.48. The molecule has 0 bridgehead atoms. The molecule has 1 N–H and O–H groups in total. The fourth-order valence-electron chi connectivity index (χ4n) is 2.79. The van der Waals surface area contributed by atoms with Crippen molar-refractivity contribution in [2.75, 3.05) is 18.1 Å². The number of aryl methyl sites for hydroxylation is 1. The average Bonchev–Trinajstić information content (AvgIpc) is 2.77. The smallest absolute Gasteiger partial charge is 0.150 e. The summed E-state index contributed by atoms with van der Waals surface area (Å²) in [6, 6.07) is 8.39. The largest absolute Gasteiger partial charge is 0.396 e. The third-order valence-electron chi connectivity index (χ3n) is 4.10. The van der Waals surface area contributed by atoms with E-state index in [0.717, 1.165) is 12.8 Å². The normalized spacial score (nSPS) is 23.4. The molecule has 1 aliphatic rings. The zero-order valence-electron chi connectivity index (χ0n) is 11.4. The standard InChI is InChI=1S/C15H22O3S/c1-2-12-3-5-13(6-4-12)9-15(10-16)14-7-8-19(17,18)11-14/h3-6,14-16H,2,7-11H2,1H3. The molecular weight excluding hydrogens is 260 g/mol. The van der Waals surface area contributed by atoms with Gasteiger partial charge in [-0.25, -0.2) is 8.42 Å². The van der Waals surface area contributed by atoms with Gasteiger partial charge in [0.1, 0.15) is 0 Å². The van der Waals surface area contributed by atoms with Crippen molar-refractivity contribution >= 4 is 9.84 Å². The van der Waals surface area contributed by atoms with Crippen LogP contribution in [0.5, 0.6) is 0 Å². The van der Waals surface area contributed by atoms with Gasteiger partial charge in [-0.15, -0.1) is 0 Å². The maximum atomic E-state index is 11.5. The molecule has 0 spiro atoms. The number of rotatable bonds is 5. The molecule has 106 valence electrons. The lowest BCUT2D eigenvalue weighted by Crippen LogP contribution is -2.22. The first-order valence-electron chi connectivity index (χ1n) is 6.93. The third-order valence-corrected chi connectivity index (χ3v) is 5.89. The molecule has 0 amide bonds. The highest BCUT2D eigenvalue weighted by molar-refractivity contribution is 7.91. The van der Waals surface area contributed by atoms with E-state index in [0.29, 0.717) is 6.42 Å². The van der Waals surface area contributed by atoms with E-state index in [2.05, 4.69) is 31.2 Å². The van der Waals surface area contributed by atoms with Crippen molar-refractivity contribution < 1.29 is 13.5 Å². The van der Waals surface area contributed by atoms with Crippen LogP contribution in [0, 0.1) is 11.8 Å². The predicted molar refractivity (Wildman–Crippen MR) is 76.9 cm³/mol. The minimum absolute atomic E-state index is 0.0600. The van der Waals surface area contributed by atoms with Gasteiger partial charge in [0.25, 0.3) is 0 Å². The zero-order valence-corrected chi connectivity index (χ0v) is 12.2. The Hall–Kier alpha value is -0.870. The van der Waals surface area contributed by atoms with Gasteiger partial charge >= 0.3 is 0 Å². The highest BCUT2D eigenvalue weighted by Gasteiger charge is 2.33. The van der Waals surface area contributed by atoms with Crippen LogP contribution in [0.2, 0.25) is 0 Å². The van der Waals surface area contributed by atoms with Crippen molar-refractivity contribution in [2.45, 2.75) is 26.2 Å². The molecule has 1 fully saturated rings. The maximum Gasteiger partial charge on any atom is 0.150 e. The molecule has 0 aromatic heterocycles. The Morgan fingerprint density at radius 1 is 1.26 bits per heavy atom. The molecule has 2 rings (SSSR count). The molecule has 2 atom stereocenters. The van der Waals surface area contributed by atoms with Crippen molar-refractivity contribution in [2.24, 2.45) is 11.8 Å². The van der Waals surface area contributed by atoms with E-state index in [1.54, 1.807) is 0 Å². The van der Waals surface area contributed by atoms with Crippen LogP contribution in [-0.2, 0) is 22.7 Å². The van der Waals surface area contributed by atoms with Crippen LogP contribution < -0.4 is 0 Å². The molecule has 2 unspecified atom stereocenters. The summed E-state index contributed by atoms with van der Waals surface area (Å²) in [7, 11) is -2.86. The molecule has 0 aliphatic carbocycles. The van der Waals surface area contributed by atoms with Crippen molar-refractivity contribution in [3.63, 3.8) is 0 Å². The Morgan fingerprint density at radius 2 is 1.89 bits per heavy atom. The highest BCUT2D eigenvalue weighted by Crippen LogP contribution is 2.28. The molecule has 1 saturated heterocycles. The molecule has 1 aliphatic heterocycles. The van der Waals surface area contributed by atoms with E-state index in [9.17, 15) is 13.5 Å². The summed E-state index contributed by atoms with van der Waals surface area (Å²) in [5.41, 5.74) is 2.48. The van der Waals surface area contributed by atoms with Crippen LogP contribution in [0.3, 0.4) is 0 Å². The van der Waals surface area contributed by atoms with E-state index >= 15 is 0 Å². The first kappa shape index (κ1) is 14.5.